The molecule has 1 amide bonds. The molecule has 3 aromatic heterocycles. The lowest BCUT2D eigenvalue weighted by Crippen LogP contribution is -2.36. The zero-order valence-electron chi connectivity index (χ0n) is 14.3. The molecule has 1 saturated carbocycles. The smallest absolute Gasteiger partial charge is 0.249 e. The van der Waals surface area contributed by atoms with Gasteiger partial charge in [-0.3, -0.25) is 14.7 Å². The Bertz CT molecular complexity index is 1110. The van der Waals surface area contributed by atoms with E-state index < -0.39 is 11.2 Å². The molecule has 0 N–H and O–H groups in total. The Labute approximate surface area is 154 Å². The van der Waals surface area contributed by atoms with Gasteiger partial charge in [-0.1, -0.05) is 0 Å². The van der Waals surface area contributed by atoms with Crippen LogP contribution >= 0.6 is 0 Å². The number of hydrogen-bond acceptors (Lipinski definition) is 5. The normalized spacial score (nSPS) is 22.4. The Morgan fingerprint density at radius 2 is 2.19 bits per heavy atom. The first-order chi connectivity index (χ1) is 13.1. The predicted octanol–water partition coefficient (Wildman–Crippen LogP) is 2.59. The summed E-state index contributed by atoms with van der Waals surface area (Å²) in [4.78, 5) is 23.2. The average Bonchev–Trinajstić information content (AvgIpc) is 3.32. The van der Waals surface area contributed by atoms with Crippen molar-refractivity contribution in [3.05, 3.63) is 42.7 Å². The van der Waals surface area contributed by atoms with Crippen molar-refractivity contribution in [2.75, 3.05) is 11.4 Å². The van der Waals surface area contributed by atoms with E-state index in [9.17, 15) is 14.4 Å². The quantitative estimate of drug-likeness (QED) is 0.715. The Kier molecular flexibility index (Phi) is 3.28. The summed E-state index contributed by atoms with van der Waals surface area (Å²) in [6, 6.07) is 5.39. The number of pyridine rings is 1. The number of anilines is 1. The molecule has 0 radical (unpaired) electrons. The van der Waals surface area contributed by atoms with E-state index in [1.807, 2.05) is 0 Å². The lowest BCUT2D eigenvalue weighted by molar-refractivity contribution is -0.123. The van der Waals surface area contributed by atoms with Crippen LogP contribution in [0.15, 0.2) is 36.9 Å². The van der Waals surface area contributed by atoms with Crippen molar-refractivity contribution in [1.29, 1.82) is 5.26 Å². The van der Waals surface area contributed by atoms with E-state index >= 15 is 0 Å². The standard InChI is InChI=1S/C19H15FN6O/c20-14-7-12(8-22-9-14)15-10-26-16(3-5-23-26)17(24-15)25-6-4-19(11-21,18(25)27)13-1-2-13/h3,5,7-10,13H,1-2,4,6H2/t19-/m1/s1. The summed E-state index contributed by atoms with van der Waals surface area (Å²) in [7, 11) is 0. The van der Waals surface area contributed by atoms with E-state index in [0.29, 0.717) is 35.6 Å². The van der Waals surface area contributed by atoms with Crippen molar-refractivity contribution in [3.8, 4) is 17.3 Å². The molecule has 1 atom stereocenters. The van der Waals surface area contributed by atoms with Crippen molar-refractivity contribution in [1.82, 2.24) is 19.6 Å². The van der Waals surface area contributed by atoms with Gasteiger partial charge in [-0.2, -0.15) is 10.4 Å². The molecule has 1 aliphatic carbocycles. The Morgan fingerprint density at radius 3 is 2.93 bits per heavy atom. The van der Waals surface area contributed by atoms with Crippen LogP contribution in [0.5, 0.6) is 0 Å². The van der Waals surface area contributed by atoms with Crippen molar-refractivity contribution >= 4 is 17.2 Å². The number of nitrogens with zero attached hydrogens (tertiary/aromatic N) is 6. The van der Waals surface area contributed by atoms with E-state index in [1.54, 1.807) is 27.9 Å². The fraction of sp³-hybridized carbons (Fsp3) is 0.316. The minimum Gasteiger partial charge on any atom is -0.294 e. The van der Waals surface area contributed by atoms with Crippen LogP contribution in [0.4, 0.5) is 10.2 Å². The fourth-order valence-corrected chi connectivity index (χ4v) is 3.89. The van der Waals surface area contributed by atoms with Gasteiger partial charge in [0, 0.05) is 18.3 Å². The molecule has 8 heteroatoms. The maximum atomic E-state index is 13.6. The zero-order valence-corrected chi connectivity index (χ0v) is 14.3. The first-order valence-corrected chi connectivity index (χ1v) is 8.81. The Hall–Kier alpha value is -3.34. The third kappa shape index (κ3) is 2.31. The molecule has 0 spiro atoms. The summed E-state index contributed by atoms with van der Waals surface area (Å²) in [6.45, 7) is 0.432. The van der Waals surface area contributed by atoms with Crippen LogP contribution in [0.25, 0.3) is 16.8 Å². The number of halogens is 1. The number of carbonyl (C=O) groups is 1. The van der Waals surface area contributed by atoms with Crippen LogP contribution < -0.4 is 4.90 Å². The number of aromatic nitrogens is 4. The molecule has 27 heavy (non-hydrogen) atoms. The highest BCUT2D eigenvalue weighted by atomic mass is 19.1. The van der Waals surface area contributed by atoms with Crippen molar-refractivity contribution in [2.24, 2.45) is 11.3 Å². The average molecular weight is 362 g/mol. The van der Waals surface area contributed by atoms with Crippen molar-refractivity contribution in [2.45, 2.75) is 19.3 Å². The summed E-state index contributed by atoms with van der Waals surface area (Å²) in [5, 5.41) is 14.0. The van der Waals surface area contributed by atoms with Gasteiger partial charge in [-0.05, 0) is 37.3 Å². The Balaban J connectivity index is 1.64. The highest BCUT2D eigenvalue weighted by Crippen LogP contribution is 2.52. The van der Waals surface area contributed by atoms with Gasteiger partial charge in [-0.25, -0.2) is 13.9 Å². The van der Waals surface area contributed by atoms with E-state index in [0.717, 1.165) is 19.0 Å². The summed E-state index contributed by atoms with van der Waals surface area (Å²) >= 11 is 0. The van der Waals surface area contributed by atoms with Crippen LogP contribution in [0, 0.1) is 28.5 Å². The maximum absolute atomic E-state index is 13.6. The minimum atomic E-state index is -0.949. The van der Waals surface area contributed by atoms with E-state index in [1.165, 1.54) is 12.3 Å². The van der Waals surface area contributed by atoms with Gasteiger partial charge in [0.2, 0.25) is 5.91 Å². The molecule has 1 saturated heterocycles. The molecule has 7 nitrogen and oxygen atoms in total. The molecule has 2 fully saturated rings. The SMILES string of the molecule is N#C[C@@]1(C2CC2)CCN(c2nc(-c3cncc(F)c3)cn3nccc23)C1=O. The highest BCUT2D eigenvalue weighted by molar-refractivity contribution is 6.04. The third-order valence-corrected chi connectivity index (χ3v) is 5.46. The molecule has 0 bridgehead atoms. The van der Waals surface area contributed by atoms with E-state index in [2.05, 4.69) is 21.1 Å². The molecule has 4 heterocycles. The molecule has 134 valence electrons. The number of amides is 1. The molecule has 1 aliphatic heterocycles. The Morgan fingerprint density at radius 1 is 1.33 bits per heavy atom. The van der Waals surface area contributed by atoms with E-state index in [4.69, 9.17) is 0 Å². The van der Waals surface area contributed by atoms with E-state index in [-0.39, 0.29) is 11.8 Å². The van der Waals surface area contributed by atoms with Crippen LogP contribution in [-0.2, 0) is 4.79 Å². The first-order valence-electron chi connectivity index (χ1n) is 8.81. The molecule has 5 rings (SSSR count). The number of hydrogen-bond donors (Lipinski definition) is 0. The van der Waals surface area contributed by atoms with Gasteiger partial charge >= 0.3 is 0 Å². The predicted molar refractivity (Wildman–Crippen MR) is 93.9 cm³/mol. The van der Waals surface area contributed by atoms with Gasteiger partial charge in [0.1, 0.15) is 16.7 Å². The lowest BCUT2D eigenvalue weighted by Gasteiger charge is -2.21. The molecule has 0 unspecified atom stereocenters. The molecular weight excluding hydrogens is 347 g/mol. The second kappa shape index (κ2) is 5.58. The molecule has 2 aliphatic rings. The molecular formula is C19H15FN6O. The minimum absolute atomic E-state index is 0.136. The molecule has 3 aromatic rings. The number of fused-ring (bicyclic) bond motifs is 1. The third-order valence-electron chi connectivity index (χ3n) is 5.46. The van der Waals surface area contributed by atoms with Crippen molar-refractivity contribution in [3.63, 3.8) is 0 Å². The summed E-state index contributed by atoms with van der Waals surface area (Å²) < 4.78 is 15.2. The van der Waals surface area contributed by atoms with Gasteiger partial charge in [0.15, 0.2) is 5.82 Å². The summed E-state index contributed by atoms with van der Waals surface area (Å²) in [5.74, 6) is -0.0860. The first kappa shape index (κ1) is 15.9. The monoisotopic (exact) mass is 362 g/mol. The topological polar surface area (TPSA) is 87.2 Å². The van der Waals surface area contributed by atoms with Gasteiger partial charge in [0.25, 0.3) is 0 Å². The number of carbonyl (C=O) groups excluding carboxylic acids is 1. The van der Waals surface area contributed by atoms with Crippen LogP contribution in [0.1, 0.15) is 19.3 Å². The van der Waals surface area contributed by atoms with Gasteiger partial charge in [-0.15, -0.1) is 0 Å². The number of rotatable bonds is 3. The largest absolute Gasteiger partial charge is 0.294 e. The molecule has 0 aromatic carbocycles. The summed E-state index contributed by atoms with van der Waals surface area (Å²) in [6.07, 6.45) is 8.26. The second-order valence-corrected chi connectivity index (χ2v) is 7.07. The highest BCUT2D eigenvalue weighted by Gasteiger charge is 2.57. The van der Waals surface area contributed by atoms with Crippen LogP contribution in [0.3, 0.4) is 0 Å². The maximum Gasteiger partial charge on any atom is 0.249 e. The lowest BCUT2D eigenvalue weighted by atomic mass is 9.83. The number of nitriles is 1. The fourth-order valence-electron chi connectivity index (χ4n) is 3.89. The summed E-state index contributed by atoms with van der Waals surface area (Å²) in [5.41, 5.74) is 0.673. The zero-order chi connectivity index (χ0) is 18.6. The van der Waals surface area contributed by atoms with Gasteiger partial charge < -0.3 is 0 Å². The van der Waals surface area contributed by atoms with Crippen molar-refractivity contribution < 1.29 is 9.18 Å². The second-order valence-electron chi connectivity index (χ2n) is 7.07. The van der Waals surface area contributed by atoms with Gasteiger partial charge in [0.05, 0.1) is 30.4 Å². The van der Waals surface area contributed by atoms with Crippen LogP contribution in [-0.4, -0.2) is 32.0 Å². The van der Waals surface area contributed by atoms with Crippen LogP contribution in [0.2, 0.25) is 0 Å².